The molecule has 7 heteroatoms. The third-order valence-corrected chi connectivity index (χ3v) is 5.84. The van der Waals surface area contributed by atoms with Gasteiger partial charge in [0.2, 0.25) is 0 Å². The number of amides is 1. The first kappa shape index (κ1) is 21.7. The first-order valence-electron chi connectivity index (χ1n) is 11.0. The van der Waals surface area contributed by atoms with E-state index in [1.807, 2.05) is 49.5 Å². The van der Waals surface area contributed by atoms with E-state index in [9.17, 15) is 4.79 Å². The van der Waals surface area contributed by atoms with Gasteiger partial charge in [-0.25, -0.2) is 9.97 Å². The predicted octanol–water partition coefficient (Wildman–Crippen LogP) is 4.35. The van der Waals surface area contributed by atoms with E-state index in [2.05, 4.69) is 32.5 Å². The van der Waals surface area contributed by atoms with E-state index >= 15 is 0 Å². The summed E-state index contributed by atoms with van der Waals surface area (Å²) >= 11 is 0. The molecule has 4 rings (SSSR count). The summed E-state index contributed by atoms with van der Waals surface area (Å²) in [5, 5.41) is 6.10. The lowest BCUT2D eigenvalue weighted by Gasteiger charge is -2.29. The van der Waals surface area contributed by atoms with Crippen molar-refractivity contribution in [3.05, 3.63) is 65.7 Å². The highest BCUT2D eigenvalue weighted by molar-refractivity contribution is 5.94. The molecule has 2 N–H and O–H groups in total. The van der Waals surface area contributed by atoms with Crippen molar-refractivity contribution in [1.82, 2.24) is 20.3 Å². The van der Waals surface area contributed by atoms with E-state index in [1.165, 1.54) is 6.42 Å². The van der Waals surface area contributed by atoms with Gasteiger partial charge in [-0.3, -0.25) is 9.78 Å². The molecule has 0 spiro atoms. The molecule has 3 aromatic rings. The summed E-state index contributed by atoms with van der Waals surface area (Å²) in [7, 11) is 1.64. The monoisotopic (exact) mass is 431 g/mol. The second kappa shape index (κ2) is 9.77. The Hall–Kier alpha value is -3.48. The van der Waals surface area contributed by atoms with Gasteiger partial charge in [0.1, 0.15) is 17.9 Å². The minimum atomic E-state index is -0.111. The van der Waals surface area contributed by atoms with Gasteiger partial charge < -0.3 is 15.4 Å². The Morgan fingerprint density at radius 3 is 2.69 bits per heavy atom. The average molecular weight is 432 g/mol. The normalized spacial score (nSPS) is 14.3. The van der Waals surface area contributed by atoms with E-state index in [1.54, 1.807) is 13.4 Å². The van der Waals surface area contributed by atoms with Gasteiger partial charge in [0.25, 0.3) is 5.91 Å². The Morgan fingerprint density at radius 2 is 2.00 bits per heavy atom. The van der Waals surface area contributed by atoms with Gasteiger partial charge in [-0.05, 0) is 56.0 Å². The molecule has 1 aliphatic carbocycles. The Bertz CT molecular complexity index is 1080. The van der Waals surface area contributed by atoms with E-state index in [0.29, 0.717) is 12.1 Å². The van der Waals surface area contributed by atoms with Gasteiger partial charge in [0.15, 0.2) is 0 Å². The van der Waals surface area contributed by atoms with Crippen LogP contribution >= 0.6 is 0 Å². The van der Waals surface area contributed by atoms with Crippen LogP contribution in [0.25, 0.3) is 11.3 Å². The fourth-order valence-corrected chi connectivity index (χ4v) is 3.60. The van der Waals surface area contributed by atoms with Gasteiger partial charge >= 0.3 is 0 Å². The maximum absolute atomic E-state index is 12.1. The molecule has 166 valence electrons. The van der Waals surface area contributed by atoms with Crippen LogP contribution in [0.15, 0.2) is 48.9 Å². The predicted molar refractivity (Wildman–Crippen MR) is 125 cm³/mol. The van der Waals surface area contributed by atoms with Crippen molar-refractivity contribution in [2.75, 3.05) is 18.9 Å². The Morgan fingerprint density at radius 1 is 1.16 bits per heavy atom. The molecular weight excluding hydrogens is 402 g/mol. The number of carbonyl (C=O) groups is 1. The molecule has 2 aromatic heterocycles. The van der Waals surface area contributed by atoms with Gasteiger partial charge in [-0.2, -0.15) is 0 Å². The molecule has 1 amide bonds. The van der Waals surface area contributed by atoms with Crippen molar-refractivity contribution >= 4 is 11.7 Å². The Labute approximate surface area is 188 Å². The zero-order valence-corrected chi connectivity index (χ0v) is 18.8. The van der Waals surface area contributed by atoms with Crippen LogP contribution in [0.1, 0.15) is 53.7 Å². The number of aryl methyl sites for hydroxylation is 1. The molecule has 7 nitrogen and oxygen atoms in total. The number of rotatable bonds is 8. The molecule has 0 bridgehead atoms. The third-order valence-electron chi connectivity index (χ3n) is 5.84. The number of anilines is 1. The van der Waals surface area contributed by atoms with Crippen molar-refractivity contribution in [3.8, 4) is 17.0 Å². The van der Waals surface area contributed by atoms with Crippen LogP contribution in [0.2, 0.25) is 0 Å². The van der Waals surface area contributed by atoms with Gasteiger partial charge in [-0.15, -0.1) is 0 Å². The molecule has 0 unspecified atom stereocenters. The van der Waals surface area contributed by atoms with Crippen LogP contribution in [-0.4, -0.2) is 40.6 Å². The summed E-state index contributed by atoms with van der Waals surface area (Å²) in [5.41, 5.74) is 4.44. The zero-order chi connectivity index (χ0) is 22.5. The van der Waals surface area contributed by atoms with E-state index < -0.39 is 0 Å². The number of carbonyl (C=O) groups excluding carboxylic acids is 1. The van der Waals surface area contributed by atoms with Crippen LogP contribution in [0.5, 0.6) is 5.75 Å². The second-order valence-electron chi connectivity index (χ2n) is 8.26. The number of benzene rings is 1. The molecule has 1 aliphatic rings. The largest absolute Gasteiger partial charge is 0.490 e. The van der Waals surface area contributed by atoms with Crippen molar-refractivity contribution < 1.29 is 9.53 Å². The molecule has 32 heavy (non-hydrogen) atoms. The lowest BCUT2D eigenvalue weighted by Crippen LogP contribution is -2.26. The van der Waals surface area contributed by atoms with Crippen molar-refractivity contribution in [3.63, 3.8) is 0 Å². The van der Waals surface area contributed by atoms with Crippen LogP contribution in [0, 0.1) is 6.92 Å². The van der Waals surface area contributed by atoms with E-state index in [0.717, 1.165) is 46.9 Å². The molecule has 0 radical (unpaired) electrons. The highest BCUT2D eigenvalue weighted by Crippen LogP contribution is 2.33. The number of ether oxygens (including phenoxy) is 1. The lowest BCUT2D eigenvalue weighted by atomic mass is 9.94. The maximum atomic E-state index is 12.1. The Balaban J connectivity index is 1.48. The van der Waals surface area contributed by atoms with Crippen molar-refractivity contribution in [2.45, 2.75) is 45.1 Å². The molecule has 0 saturated heterocycles. The van der Waals surface area contributed by atoms with Crippen molar-refractivity contribution in [1.29, 1.82) is 0 Å². The number of pyridine rings is 1. The highest BCUT2D eigenvalue weighted by atomic mass is 16.5. The topological polar surface area (TPSA) is 89.0 Å². The first-order chi connectivity index (χ1) is 15.5. The molecule has 0 aliphatic heterocycles. The van der Waals surface area contributed by atoms with Crippen LogP contribution in [0.4, 0.5) is 5.82 Å². The quantitative estimate of drug-likeness (QED) is 0.551. The molecular formula is C25H29N5O2. The summed E-state index contributed by atoms with van der Waals surface area (Å²) in [4.78, 5) is 25.2. The minimum Gasteiger partial charge on any atom is -0.490 e. The van der Waals surface area contributed by atoms with E-state index in [4.69, 9.17) is 4.74 Å². The smallest absolute Gasteiger partial charge is 0.251 e. The van der Waals surface area contributed by atoms with Crippen LogP contribution < -0.4 is 15.4 Å². The Kier molecular flexibility index (Phi) is 6.63. The van der Waals surface area contributed by atoms with Gasteiger partial charge in [-0.1, -0.05) is 13.0 Å². The van der Waals surface area contributed by atoms with Gasteiger partial charge in [0, 0.05) is 48.6 Å². The maximum Gasteiger partial charge on any atom is 0.251 e. The van der Waals surface area contributed by atoms with Crippen LogP contribution in [-0.2, 0) is 0 Å². The SMILES string of the molecule is CNC(=O)c1ccc([C@H](C)CNc2cc(-c3ccc(C)nc3)ncn2)c(OC2CCC2)c1. The van der Waals surface area contributed by atoms with Gasteiger partial charge in [0.05, 0.1) is 11.8 Å². The van der Waals surface area contributed by atoms with Crippen molar-refractivity contribution in [2.24, 2.45) is 0 Å². The standard InChI is InChI=1S/C25H29N5O2/c1-16(13-28-24-12-22(29-15-30-24)19-8-7-17(2)27-14-19)21-10-9-18(25(31)26-3)11-23(21)32-20-5-4-6-20/h7-12,14-16,20H,4-6,13H2,1-3H3,(H,26,31)(H,28,29,30)/t16-/m1/s1. The summed E-state index contributed by atoms with van der Waals surface area (Å²) in [6, 6.07) is 11.6. The average Bonchev–Trinajstić information content (AvgIpc) is 2.80. The summed E-state index contributed by atoms with van der Waals surface area (Å²) in [5.74, 6) is 1.59. The molecule has 2 heterocycles. The lowest BCUT2D eigenvalue weighted by molar-refractivity contribution is 0.0959. The molecule has 1 fully saturated rings. The molecule has 1 aromatic carbocycles. The number of hydrogen-bond donors (Lipinski definition) is 2. The summed E-state index contributed by atoms with van der Waals surface area (Å²) in [6.45, 7) is 4.77. The van der Waals surface area contributed by atoms with E-state index in [-0.39, 0.29) is 17.9 Å². The van der Waals surface area contributed by atoms with Crippen LogP contribution in [0.3, 0.4) is 0 Å². The number of nitrogens with zero attached hydrogens (tertiary/aromatic N) is 3. The fraction of sp³-hybridized carbons (Fsp3) is 0.360. The highest BCUT2D eigenvalue weighted by Gasteiger charge is 2.23. The fourth-order valence-electron chi connectivity index (χ4n) is 3.60. The number of hydrogen-bond acceptors (Lipinski definition) is 6. The first-order valence-corrected chi connectivity index (χ1v) is 11.0. The zero-order valence-electron chi connectivity index (χ0n) is 18.8. The third kappa shape index (κ3) is 5.04. The second-order valence-corrected chi connectivity index (χ2v) is 8.26. The molecule has 1 saturated carbocycles. The minimum absolute atomic E-state index is 0.111. The number of nitrogens with one attached hydrogen (secondary N) is 2. The molecule has 1 atom stereocenters. The summed E-state index contributed by atoms with van der Waals surface area (Å²) < 4.78 is 6.24. The summed E-state index contributed by atoms with van der Waals surface area (Å²) in [6.07, 6.45) is 6.94. The number of aromatic nitrogens is 3.